The highest BCUT2D eigenvalue weighted by Crippen LogP contribution is 2.29. The summed E-state index contributed by atoms with van der Waals surface area (Å²) in [5, 5.41) is 12.5. The van der Waals surface area contributed by atoms with Gasteiger partial charge in [-0.1, -0.05) is 30.3 Å². The van der Waals surface area contributed by atoms with Crippen molar-refractivity contribution in [1.29, 1.82) is 5.26 Å². The number of ether oxygens (including phenoxy) is 1. The number of aromatic nitrogens is 2. The van der Waals surface area contributed by atoms with Crippen LogP contribution >= 0.6 is 0 Å². The van der Waals surface area contributed by atoms with Crippen LogP contribution in [0.15, 0.2) is 54.6 Å². The van der Waals surface area contributed by atoms with Crippen molar-refractivity contribution in [2.75, 3.05) is 0 Å². The highest BCUT2D eigenvalue weighted by molar-refractivity contribution is 5.81. The van der Waals surface area contributed by atoms with Crippen molar-refractivity contribution in [3.63, 3.8) is 0 Å². The van der Waals surface area contributed by atoms with Gasteiger partial charge in [-0.05, 0) is 49.9 Å². The summed E-state index contributed by atoms with van der Waals surface area (Å²) in [5.74, 6) is 1.25. The zero-order valence-corrected chi connectivity index (χ0v) is 15.6. The van der Waals surface area contributed by atoms with Crippen molar-refractivity contribution in [2.45, 2.75) is 44.4 Å². The van der Waals surface area contributed by atoms with E-state index in [-0.39, 0.29) is 19.1 Å². The molecule has 0 atom stereocenters. The molecule has 28 heavy (non-hydrogen) atoms. The molecular weight excluding hydrogens is 352 g/mol. The Hall–Kier alpha value is -3.33. The van der Waals surface area contributed by atoms with E-state index in [1.54, 1.807) is 0 Å². The van der Waals surface area contributed by atoms with Gasteiger partial charge in [-0.25, -0.2) is 4.98 Å². The zero-order chi connectivity index (χ0) is 19.4. The first-order valence-corrected chi connectivity index (χ1v) is 9.53. The number of benzene rings is 2. The number of carbonyl (C=O) groups excluding carboxylic acids is 1. The van der Waals surface area contributed by atoms with Crippen molar-refractivity contribution in [1.82, 2.24) is 14.9 Å². The molecule has 6 heteroatoms. The van der Waals surface area contributed by atoms with Crippen molar-refractivity contribution >= 4 is 16.9 Å². The predicted octanol–water partition coefficient (Wildman–Crippen LogP) is 3.57. The van der Waals surface area contributed by atoms with E-state index in [4.69, 9.17) is 4.74 Å². The SMILES string of the molecule is N#CC1(NC(=O)Cn2c(COc3ccccc3)nc3ccccc32)CCCC1. The monoisotopic (exact) mass is 374 g/mol. The lowest BCUT2D eigenvalue weighted by molar-refractivity contribution is -0.123. The number of hydrogen-bond acceptors (Lipinski definition) is 4. The van der Waals surface area contributed by atoms with Crippen molar-refractivity contribution < 1.29 is 9.53 Å². The van der Waals surface area contributed by atoms with Crippen LogP contribution in [0.5, 0.6) is 5.75 Å². The number of rotatable bonds is 6. The number of amides is 1. The minimum Gasteiger partial charge on any atom is -0.486 e. The number of fused-ring (bicyclic) bond motifs is 1. The second-order valence-corrected chi connectivity index (χ2v) is 7.15. The van der Waals surface area contributed by atoms with Crippen LogP contribution in [-0.4, -0.2) is 21.0 Å². The average Bonchev–Trinajstić information content (AvgIpc) is 3.33. The largest absolute Gasteiger partial charge is 0.486 e. The smallest absolute Gasteiger partial charge is 0.241 e. The molecule has 1 saturated carbocycles. The zero-order valence-electron chi connectivity index (χ0n) is 15.6. The third kappa shape index (κ3) is 3.70. The van der Waals surface area contributed by atoms with E-state index in [2.05, 4.69) is 16.4 Å². The highest BCUT2D eigenvalue weighted by atomic mass is 16.5. The molecule has 1 N–H and O–H groups in total. The Labute approximate surface area is 163 Å². The summed E-state index contributed by atoms with van der Waals surface area (Å²) in [7, 11) is 0. The maximum Gasteiger partial charge on any atom is 0.241 e. The molecule has 0 spiro atoms. The molecule has 0 aliphatic heterocycles. The minimum absolute atomic E-state index is 0.109. The molecule has 1 fully saturated rings. The van der Waals surface area contributed by atoms with Gasteiger partial charge >= 0.3 is 0 Å². The molecule has 0 unspecified atom stereocenters. The van der Waals surface area contributed by atoms with Crippen LogP contribution in [0, 0.1) is 11.3 Å². The van der Waals surface area contributed by atoms with Crippen molar-refractivity contribution in [3.8, 4) is 11.8 Å². The Morgan fingerprint density at radius 3 is 2.61 bits per heavy atom. The van der Waals surface area contributed by atoms with Crippen LogP contribution in [0.4, 0.5) is 0 Å². The molecular formula is C22H22N4O2. The van der Waals surface area contributed by atoms with E-state index in [1.165, 1.54) is 0 Å². The van der Waals surface area contributed by atoms with E-state index in [9.17, 15) is 10.1 Å². The minimum atomic E-state index is -0.728. The lowest BCUT2D eigenvalue weighted by atomic mass is 10.00. The third-order valence-corrected chi connectivity index (χ3v) is 5.20. The summed E-state index contributed by atoms with van der Waals surface area (Å²) >= 11 is 0. The van der Waals surface area contributed by atoms with Gasteiger partial charge in [0, 0.05) is 0 Å². The van der Waals surface area contributed by atoms with Gasteiger partial charge < -0.3 is 14.6 Å². The molecule has 1 heterocycles. The maximum atomic E-state index is 12.7. The van der Waals surface area contributed by atoms with E-state index in [0.29, 0.717) is 18.7 Å². The average molecular weight is 374 g/mol. The predicted molar refractivity (Wildman–Crippen MR) is 105 cm³/mol. The lowest BCUT2D eigenvalue weighted by Gasteiger charge is -2.22. The molecule has 1 aliphatic carbocycles. The topological polar surface area (TPSA) is 79.9 Å². The Kier molecular flexibility index (Phi) is 4.98. The number of carbonyl (C=O) groups is 1. The summed E-state index contributed by atoms with van der Waals surface area (Å²) in [6.07, 6.45) is 3.36. The first-order chi connectivity index (χ1) is 13.7. The van der Waals surface area contributed by atoms with Gasteiger partial charge in [0.05, 0.1) is 17.1 Å². The molecule has 2 aromatic carbocycles. The first-order valence-electron chi connectivity index (χ1n) is 9.53. The molecule has 3 aromatic rings. The number of nitrogens with one attached hydrogen (secondary N) is 1. The Morgan fingerprint density at radius 1 is 1.14 bits per heavy atom. The van der Waals surface area contributed by atoms with Gasteiger partial charge in [-0.15, -0.1) is 0 Å². The fourth-order valence-corrected chi connectivity index (χ4v) is 3.77. The number of para-hydroxylation sites is 3. The molecule has 142 valence electrons. The standard InChI is InChI=1S/C22H22N4O2/c23-16-22(12-6-7-13-22)25-21(27)14-26-19-11-5-4-10-18(19)24-20(26)15-28-17-8-2-1-3-9-17/h1-5,8-11H,6-7,12-15H2,(H,25,27). The number of nitrogens with zero attached hydrogens (tertiary/aromatic N) is 3. The Morgan fingerprint density at radius 2 is 1.86 bits per heavy atom. The second kappa shape index (κ2) is 7.73. The fourth-order valence-electron chi connectivity index (χ4n) is 3.77. The Bertz CT molecular complexity index is 1010. The van der Waals surface area contributed by atoms with Gasteiger partial charge in [0.2, 0.25) is 5.91 Å². The van der Waals surface area contributed by atoms with Gasteiger partial charge in [-0.3, -0.25) is 4.79 Å². The van der Waals surface area contributed by atoms with Crippen LogP contribution in [0.3, 0.4) is 0 Å². The van der Waals surface area contributed by atoms with E-state index >= 15 is 0 Å². The Balaban J connectivity index is 1.56. The molecule has 1 aromatic heterocycles. The molecule has 0 radical (unpaired) electrons. The van der Waals surface area contributed by atoms with Crippen LogP contribution in [0.1, 0.15) is 31.5 Å². The van der Waals surface area contributed by atoms with Crippen LogP contribution in [0.2, 0.25) is 0 Å². The van der Waals surface area contributed by atoms with Gasteiger partial charge in [0.25, 0.3) is 0 Å². The first kappa shape index (κ1) is 18.1. The van der Waals surface area contributed by atoms with Crippen LogP contribution in [0.25, 0.3) is 11.0 Å². The number of nitriles is 1. The molecule has 0 saturated heterocycles. The summed E-state index contributed by atoms with van der Waals surface area (Å²) < 4.78 is 7.72. The van der Waals surface area contributed by atoms with Crippen LogP contribution in [-0.2, 0) is 17.9 Å². The fraction of sp³-hybridized carbons (Fsp3) is 0.318. The number of hydrogen-bond donors (Lipinski definition) is 1. The summed E-state index contributed by atoms with van der Waals surface area (Å²) in [6, 6.07) is 19.5. The van der Waals surface area contributed by atoms with Crippen LogP contribution < -0.4 is 10.1 Å². The molecule has 6 nitrogen and oxygen atoms in total. The summed E-state index contributed by atoms with van der Waals surface area (Å²) in [4.78, 5) is 17.4. The molecule has 1 aliphatic rings. The molecule has 0 bridgehead atoms. The van der Waals surface area contributed by atoms with E-state index in [0.717, 1.165) is 29.6 Å². The quantitative estimate of drug-likeness (QED) is 0.715. The normalized spacial score (nSPS) is 15.2. The second-order valence-electron chi connectivity index (χ2n) is 7.15. The summed E-state index contributed by atoms with van der Waals surface area (Å²) in [6.45, 7) is 0.368. The lowest BCUT2D eigenvalue weighted by Crippen LogP contribution is -2.46. The van der Waals surface area contributed by atoms with Crippen molar-refractivity contribution in [2.24, 2.45) is 0 Å². The third-order valence-electron chi connectivity index (χ3n) is 5.20. The molecule has 1 amide bonds. The van der Waals surface area contributed by atoms with Gasteiger partial charge in [0.1, 0.15) is 30.3 Å². The maximum absolute atomic E-state index is 12.7. The van der Waals surface area contributed by atoms with Crippen molar-refractivity contribution in [3.05, 3.63) is 60.4 Å². The van der Waals surface area contributed by atoms with Gasteiger partial charge in [-0.2, -0.15) is 5.26 Å². The molecule has 4 rings (SSSR count). The number of imidazole rings is 1. The van der Waals surface area contributed by atoms with E-state index < -0.39 is 5.54 Å². The highest BCUT2D eigenvalue weighted by Gasteiger charge is 2.35. The summed E-state index contributed by atoms with van der Waals surface area (Å²) in [5.41, 5.74) is 0.966. The van der Waals surface area contributed by atoms with E-state index in [1.807, 2.05) is 59.2 Å². The van der Waals surface area contributed by atoms with Gasteiger partial charge in [0.15, 0.2) is 0 Å².